The molecule has 0 aliphatic rings. The molecule has 3 heterocycles. The number of fused-ring (bicyclic) bond motifs is 1. The first-order chi connectivity index (χ1) is 32.5. The number of aromatic nitrogens is 6. The molecule has 0 N–H and O–H groups in total. The second kappa shape index (κ2) is 17.4. The van der Waals surface area contributed by atoms with E-state index in [1.54, 1.807) is 0 Å². The predicted octanol–water partition coefficient (Wildman–Crippen LogP) is 14.8. The molecule has 0 aliphatic carbocycles. The van der Waals surface area contributed by atoms with Crippen LogP contribution in [0.15, 0.2) is 218 Å². The van der Waals surface area contributed by atoms with Crippen molar-refractivity contribution in [2.45, 2.75) is 13.8 Å². The van der Waals surface area contributed by atoms with Crippen LogP contribution >= 0.6 is 0 Å². The normalized spacial score (nSPS) is 11.2. The van der Waals surface area contributed by atoms with E-state index in [0.717, 1.165) is 106 Å². The van der Waals surface area contributed by atoms with Crippen molar-refractivity contribution in [1.29, 1.82) is 0 Å². The Morgan fingerprint density at radius 1 is 0.273 bits per heavy atom. The monoisotopic (exact) mass is 846 g/mol. The van der Waals surface area contributed by atoms with E-state index >= 15 is 0 Å². The zero-order valence-corrected chi connectivity index (χ0v) is 36.5. The van der Waals surface area contributed by atoms with Gasteiger partial charge in [0.05, 0.1) is 28.5 Å². The maximum Gasteiger partial charge on any atom is 0.161 e. The van der Waals surface area contributed by atoms with Gasteiger partial charge in [-0.2, -0.15) is 0 Å². The molecule has 6 nitrogen and oxygen atoms in total. The molecule has 312 valence electrons. The highest BCUT2D eigenvalue weighted by molar-refractivity contribution is 5.97. The summed E-state index contributed by atoms with van der Waals surface area (Å²) in [4.78, 5) is 30.5. The topological polar surface area (TPSA) is 77.3 Å². The Balaban J connectivity index is 1.07. The van der Waals surface area contributed by atoms with Crippen molar-refractivity contribution >= 4 is 10.8 Å². The molecule has 0 saturated carbocycles. The summed E-state index contributed by atoms with van der Waals surface area (Å²) in [5.74, 6) is 2.07. The molecule has 8 aromatic carbocycles. The van der Waals surface area contributed by atoms with Crippen LogP contribution in [0, 0.1) is 13.8 Å². The van der Waals surface area contributed by atoms with Crippen LogP contribution in [0.4, 0.5) is 0 Å². The minimum atomic E-state index is 0.677. The van der Waals surface area contributed by atoms with Crippen molar-refractivity contribution in [3.05, 3.63) is 230 Å². The fourth-order valence-electron chi connectivity index (χ4n) is 8.81. The van der Waals surface area contributed by atoms with Gasteiger partial charge in [-0.15, -0.1) is 0 Å². The molecule has 0 aliphatic heterocycles. The van der Waals surface area contributed by atoms with Gasteiger partial charge in [0.25, 0.3) is 0 Å². The smallest absolute Gasteiger partial charge is 0.161 e. The van der Waals surface area contributed by atoms with E-state index in [9.17, 15) is 0 Å². The lowest BCUT2D eigenvalue weighted by molar-refractivity contribution is 1.02. The van der Waals surface area contributed by atoms with Gasteiger partial charge < -0.3 is 0 Å². The van der Waals surface area contributed by atoms with Crippen LogP contribution in [-0.2, 0) is 0 Å². The Morgan fingerprint density at radius 2 is 0.697 bits per heavy atom. The van der Waals surface area contributed by atoms with Gasteiger partial charge >= 0.3 is 0 Å². The predicted molar refractivity (Wildman–Crippen MR) is 269 cm³/mol. The van der Waals surface area contributed by atoms with Gasteiger partial charge in [0, 0.05) is 44.6 Å². The summed E-state index contributed by atoms with van der Waals surface area (Å²) in [5.41, 5.74) is 16.3. The highest BCUT2D eigenvalue weighted by atomic mass is 14.9. The van der Waals surface area contributed by atoms with Gasteiger partial charge in [-0.1, -0.05) is 188 Å². The second-order valence-corrected chi connectivity index (χ2v) is 16.4. The second-order valence-electron chi connectivity index (χ2n) is 16.4. The molecule has 0 atom stereocenters. The largest absolute Gasteiger partial charge is 0.239 e. The molecule has 11 aromatic rings. The number of nitrogens with zero attached hydrogens (tertiary/aromatic N) is 6. The Hall–Kier alpha value is -8.74. The fraction of sp³-hybridized carbons (Fsp3) is 0.0333. The fourth-order valence-corrected chi connectivity index (χ4v) is 8.81. The Bertz CT molecular complexity index is 3470. The van der Waals surface area contributed by atoms with Crippen molar-refractivity contribution in [2.75, 3.05) is 0 Å². The van der Waals surface area contributed by atoms with Gasteiger partial charge in [0.1, 0.15) is 5.82 Å². The van der Waals surface area contributed by atoms with Crippen molar-refractivity contribution in [2.24, 2.45) is 0 Å². The van der Waals surface area contributed by atoms with Crippen LogP contribution < -0.4 is 0 Å². The summed E-state index contributed by atoms with van der Waals surface area (Å²) in [7, 11) is 0. The molecule has 0 radical (unpaired) electrons. The average molecular weight is 847 g/mol. The molecule has 0 fully saturated rings. The highest BCUT2D eigenvalue weighted by Gasteiger charge is 2.20. The van der Waals surface area contributed by atoms with Gasteiger partial charge in [-0.25, -0.2) is 29.9 Å². The van der Waals surface area contributed by atoms with E-state index in [1.807, 2.05) is 68.4 Å². The van der Waals surface area contributed by atoms with Crippen LogP contribution in [0.2, 0.25) is 0 Å². The lowest BCUT2D eigenvalue weighted by Gasteiger charge is -2.18. The minimum Gasteiger partial charge on any atom is -0.239 e. The maximum atomic E-state index is 5.30. The van der Waals surface area contributed by atoms with Gasteiger partial charge in [-0.05, 0) is 77.2 Å². The van der Waals surface area contributed by atoms with Crippen molar-refractivity contribution in [3.63, 3.8) is 0 Å². The number of benzene rings is 8. The number of rotatable bonds is 9. The lowest BCUT2D eigenvalue weighted by atomic mass is 9.88. The first kappa shape index (κ1) is 40.1. The maximum absolute atomic E-state index is 5.30. The number of aryl methyl sites for hydroxylation is 2. The number of hydrogen-bond donors (Lipinski definition) is 0. The molecule has 3 aromatic heterocycles. The zero-order valence-electron chi connectivity index (χ0n) is 36.5. The van der Waals surface area contributed by atoms with Crippen molar-refractivity contribution in [3.8, 4) is 101 Å². The summed E-state index contributed by atoms with van der Waals surface area (Å²) in [6.07, 6.45) is 0. The third-order valence-corrected chi connectivity index (χ3v) is 11.9. The van der Waals surface area contributed by atoms with Crippen molar-refractivity contribution in [1.82, 2.24) is 29.9 Å². The van der Waals surface area contributed by atoms with Gasteiger partial charge in [0.2, 0.25) is 0 Å². The van der Waals surface area contributed by atoms with E-state index in [1.165, 1.54) is 0 Å². The molecule has 66 heavy (non-hydrogen) atoms. The van der Waals surface area contributed by atoms with Crippen LogP contribution in [0.5, 0.6) is 0 Å². The zero-order chi connectivity index (χ0) is 44.4. The van der Waals surface area contributed by atoms with E-state index in [2.05, 4.69) is 169 Å². The molecule has 0 unspecified atom stereocenters. The SMILES string of the molecule is Cc1cc(-c2c(-c3cccc(-c4cc(-c5ccccc5)nc(-c5ccccc5)n4)c3)cccc2-c2cccc(-c3cc(-c4ccccc4)nc(-c4cccc5ccccc45)n3)c2)nc(C)n1. The third-order valence-electron chi connectivity index (χ3n) is 11.9. The molecule has 0 amide bonds. The summed E-state index contributed by atoms with van der Waals surface area (Å²) in [6, 6.07) is 75.6. The van der Waals surface area contributed by atoms with Crippen LogP contribution in [-0.4, -0.2) is 29.9 Å². The summed E-state index contributed by atoms with van der Waals surface area (Å²) >= 11 is 0. The highest BCUT2D eigenvalue weighted by Crippen LogP contribution is 2.42. The molecule has 0 spiro atoms. The third kappa shape index (κ3) is 8.04. The first-order valence-corrected chi connectivity index (χ1v) is 22.1. The Labute approximate surface area is 384 Å². The van der Waals surface area contributed by atoms with Crippen LogP contribution in [0.1, 0.15) is 11.5 Å². The molecule has 0 bridgehead atoms. The molecule has 6 heteroatoms. The van der Waals surface area contributed by atoms with Gasteiger partial charge in [0.15, 0.2) is 11.6 Å². The lowest BCUT2D eigenvalue weighted by Crippen LogP contribution is -1.99. The minimum absolute atomic E-state index is 0.677. The van der Waals surface area contributed by atoms with Crippen LogP contribution in [0.25, 0.3) is 112 Å². The Morgan fingerprint density at radius 3 is 1.27 bits per heavy atom. The van der Waals surface area contributed by atoms with E-state index < -0.39 is 0 Å². The quantitative estimate of drug-likeness (QED) is 0.144. The van der Waals surface area contributed by atoms with Crippen LogP contribution in [0.3, 0.4) is 0 Å². The summed E-state index contributed by atoms with van der Waals surface area (Å²) in [5, 5.41) is 2.25. The first-order valence-electron chi connectivity index (χ1n) is 22.1. The van der Waals surface area contributed by atoms with E-state index in [0.29, 0.717) is 17.5 Å². The number of hydrogen-bond acceptors (Lipinski definition) is 6. The Kier molecular flexibility index (Phi) is 10.6. The molecule has 11 rings (SSSR count). The van der Waals surface area contributed by atoms with Gasteiger partial charge in [-0.3, -0.25) is 0 Å². The van der Waals surface area contributed by atoms with E-state index in [-0.39, 0.29) is 0 Å². The molecule has 0 saturated heterocycles. The summed E-state index contributed by atoms with van der Waals surface area (Å²) < 4.78 is 0. The molecular formula is C60H42N6. The molecular weight excluding hydrogens is 805 g/mol. The summed E-state index contributed by atoms with van der Waals surface area (Å²) in [6.45, 7) is 3.98. The van der Waals surface area contributed by atoms with Crippen molar-refractivity contribution < 1.29 is 0 Å². The standard InChI is InChI=1S/C60H42N6/c1-39-34-57(62-40(2)61-39)58-50(45-26-14-28-47(35-45)55-37-53(42-19-6-3-7-20-42)63-59(64-55)44-23-10-5-11-24-44)31-17-32-51(58)46-27-15-29-48(36-46)56-38-54(43-21-8-4-9-22-43)65-60(66-56)52-33-16-25-41-18-12-13-30-49(41)52/h3-38H,1-2H3. The van der Waals surface area contributed by atoms with E-state index in [4.69, 9.17) is 24.9 Å². The average Bonchev–Trinajstić information content (AvgIpc) is 3.38.